The van der Waals surface area contributed by atoms with Crippen LogP contribution in [0.15, 0.2) is 48.5 Å². The number of esters is 1. The maximum atomic E-state index is 13.4. The summed E-state index contributed by atoms with van der Waals surface area (Å²) in [5.74, 6) is -1.96. The SMILES string of the molecule is O=C(CNC(=O)c1ccccc1F)OCc1ccccc1Cl. The van der Waals surface area contributed by atoms with Gasteiger partial charge in [0.05, 0.1) is 5.56 Å². The molecule has 0 aliphatic carbocycles. The Morgan fingerprint density at radius 3 is 2.50 bits per heavy atom. The molecule has 0 unspecified atom stereocenters. The van der Waals surface area contributed by atoms with E-state index in [9.17, 15) is 14.0 Å². The summed E-state index contributed by atoms with van der Waals surface area (Å²) in [6.07, 6.45) is 0. The van der Waals surface area contributed by atoms with E-state index in [0.29, 0.717) is 10.6 Å². The van der Waals surface area contributed by atoms with Crippen LogP contribution < -0.4 is 5.32 Å². The minimum atomic E-state index is -0.673. The molecule has 0 aromatic heterocycles. The monoisotopic (exact) mass is 321 g/mol. The molecule has 0 spiro atoms. The van der Waals surface area contributed by atoms with E-state index < -0.39 is 17.7 Å². The number of hydrogen-bond donors (Lipinski definition) is 1. The van der Waals surface area contributed by atoms with Crippen molar-refractivity contribution in [1.29, 1.82) is 0 Å². The van der Waals surface area contributed by atoms with Crippen LogP contribution in [-0.2, 0) is 16.1 Å². The summed E-state index contributed by atoms with van der Waals surface area (Å²) in [7, 11) is 0. The molecule has 0 bridgehead atoms. The highest BCUT2D eigenvalue weighted by Crippen LogP contribution is 2.15. The Labute approximate surface area is 131 Å². The van der Waals surface area contributed by atoms with Crippen molar-refractivity contribution in [2.24, 2.45) is 0 Å². The average molecular weight is 322 g/mol. The lowest BCUT2D eigenvalue weighted by molar-refractivity contribution is -0.143. The molecule has 0 fully saturated rings. The van der Waals surface area contributed by atoms with Gasteiger partial charge in [0.25, 0.3) is 5.91 Å². The summed E-state index contributed by atoms with van der Waals surface area (Å²) >= 11 is 5.93. The lowest BCUT2D eigenvalue weighted by Crippen LogP contribution is -2.31. The van der Waals surface area contributed by atoms with Gasteiger partial charge in [0, 0.05) is 10.6 Å². The first kappa shape index (κ1) is 16.0. The molecule has 1 N–H and O–H groups in total. The van der Waals surface area contributed by atoms with E-state index in [0.717, 1.165) is 0 Å². The summed E-state index contributed by atoms with van der Waals surface area (Å²) in [5, 5.41) is 2.80. The van der Waals surface area contributed by atoms with E-state index in [-0.39, 0.29) is 18.7 Å². The van der Waals surface area contributed by atoms with Gasteiger partial charge < -0.3 is 10.1 Å². The minimum Gasteiger partial charge on any atom is -0.459 e. The van der Waals surface area contributed by atoms with Crippen LogP contribution in [0.5, 0.6) is 0 Å². The van der Waals surface area contributed by atoms with Crippen molar-refractivity contribution in [2.45, 2.75) is 6.61 Å². The Balaban J connectivity index is 1.82. The van der Waals surface area contributed by atoms with Crippen LogP contribution in [0.3, 0.4) is 0 Å². The topological polar surface area (TPSA) is 55.4 Å². The highest BCUT2D eigenvalue weighted by molar-refractivity contribution is 6.31. The zero-order valence-electron chi connectivity index (χ0n) is 11.5. The fraction of sp³-hybridized carbons (Fsp3) is 0.125. The number of benzene rings is 2. The van der Waals surface area contributed by atoms with E-state index in [2.05, 4.69) is 5.32 Å². The van der Waals surface area contributed by atoms with Crippen LogP contribution in [0.1, 0.15) is 15.9 Å². The quantitative estimate of drug-likeness (QED) is 0.861. The molecule has 2 aromatic carbocycles. The van der Waals surface area contributed by atoms with Gasteiger partial charge in [-0.25, -0.2) is 4.39 Å². The molecular formula is C16H13ClFNO3. The molecule has 0 saturated carbocycles. The summed E-state index contributed by atoms with van der Waals surface area (Å²) < 4.78 is 18.4. The third-order valence-electron chi connectivity index (χ3n) is 2.86. The van der Waals surface area contributed by atoms with Crippen molar-refractivity contribution in [1.82, 2.24) is 5.32 Å². The van der Waals surface area contributed by atoms with Crippen molar-refractivity contribution in [3.8, 4) is 0 Å². The summed E-state index contributed by atoms with van der Waals surface area (Å²) in [6.45, 7) is -0.342. The van der Waals surface area contributed by atoms with Gasteiger partial charge in [-0.1, -0.05) is 41.9 Å². The zero-order valence-corrected chi connectivity index (χ0v) is 12.3. The number of halogens is 2. The third kappa shape index (κ3) is 4.30. The Kier molecular flexibility index (Phi) is 5.49. The van der Waals surface area contributed by atoms with Gasteiger partial charge in [0.15, 0.2) is 0 Å². The normalized spacial score (nSPS) is 10.1. The fourth-order valence-electron chi connectivity index (χ4n) is 1.72. The molecule has 0 saturated heterocycles. The fourth-order valence-corrected chi connectivity index (χ4v) is 1.91. The van der Waals surface area contributed by atoms with Crippen LogP contribution >= 0.6 is 11.6 Å². The molecule has 22 heavy (non-hydrogen) atoms. The molecule has 4 nitrogen and oxygen atoms in total. The Morgan fingerprint density at radius 1 is 1.09 bits per heavy atom. The average Bonchev–Trinajstić information content (AvgIpc) is 2.52. The van der Waals surface area contributed by atoms with Crippen LogP contribution in [-0.4, -0.2) is 18.4 Å². The number of carbonyl (C=O) groups excluding carboxylic acids is 2. The zero-order chi connectivity index (χ0) is 15.9. The summed E-state index contributed by atoms with van der Waals surface area (Å²) in [4.78, 5) is 23.3. The van der Waals surface area contributed by atoms with E-state index in [1.54, 1.807) is 24.3 Å². The number of hydrogen-bond acceptors (Lipinski definition) is 3. The van der Waals surface area contributed by atoms with Gasteiger partial charge in [0.2, 0.25) is 0 Å². The lowest BCUT2D eigenvalue weighted by atomic mass is 10.2. The van der Waals surface area contributed by atoms with Gasteiger partial charge in [0.1, 0.15) is 19.0 Å². The molecular weight excluding hydrogens is 309 g/mol. The number of ether oxygens (including phenoxy) is 1. The van der Waals surface area contributed by atoms with E-state index in [4.69, 9.17) is 16.3 Å². The van der Waals surface area contributed by atoms with Crippen LogP contribution in [0, 0.1) is 5.82 Å². The molecule has 114 valence electrons. The minimum absolute atomic E-state index is 0.00801. The van der Waals surface area contributed by atoms with Crippen molar-refractivity contribution in [2.75, 3.05) is 6.54 Å². The second-order valence-corrected chi connectivity index (χ2v) is 4.82. The van der Waals surface area contributed by atoms with Crippen molar-refractivity contribution in [3.05, 3.63) is 70.5 Å². The second kappa shape index (κ2) is 7.56. The maximum absolute atomic E-state index is 13.4. The Hall–Kier alpha value is -2.40. The van der Waals surface area contributed by atoms with Crippen LogP contribution in [0.2, 0.25) is 5.02 Å². The number of amides is 1. The smallest absolute Gasteiger partial charge is 0.325 e. The number of nitrogens with one attached hydrogen (secondary N) is 1. The number of rotatable bonds is 5. The Morgan fingerprint density at radius 2 is 1.77 bits per heavy atom. The van der Waals surface area contributed by atoms with Crippen molar-refractivity contribution < 1.29 is 18.7 Å². The van der Waals surface area contributed by atoms with Gasteiger partial charge in [-0.05, 0) is 18.2 Å². The van der Waals surface area contributed by atoms with Crippen LogP contribution in [0.4, 0.5) is 4.39 Å². The number of carbonyl (C=O) groups is 2. The standard InChI is InChI=1S/C16H13ClFNO3/c17-13-7-3-1-5-11(13)10-22-15(20)9-19-16(21)12-6-2-4-8-14(12)18/h1-8H,9-10H2,(H,19,21). The molecule has 0 aliphatic rings. The van der Waals surface area contributed by atoms with Gasteiger partial charge in [-0.2, -0.15) is 0 Å². The molecule has 6 heteroatoms. The van der Waals surface area contributed by atoms with Crippen molar-refractivity contribution >= 4 is 23.5 Å². The first-order valence-corrected chi connectivity index (χ1v) is 6.87. The first-order chi connectivity index (χ1) is 10.6. The van der Waals surface area contributed by atoms with Gasteiger partial charge >= 0.3 is 5.97 Å². The largest absolute Gasteiger partial charge is 0.459 e. The molecule has 0 radical (unpaired) electrons. The molecule has 2 aromatic rings. The van der Waals surface area contributed by atoms with E-state index >= 15 is 0 Å². The van der Waals surface area contributed by atoms with Crippen LogP contribution in [0.25, 0.3) is 0 Å². The molecule has 0 aliphatic heterocycles. The highest BCUT2D eigenvalue weighted by Gasteiger charge is 2.12. The van der Waals surface area contributed by atoms with Gasteiger partial charge in [-0.15, -0.1) is 0 Å². The first-order valence-electron chi connectivity index (χ1n) is 6.49. The summed E-state index contributed by atoms with van der Waals surface area (Å²) in [5.41, 5.74) is 0.541. The molecule has 1 amide bonds. The van der Waals surface area contributed by atoms with E-state index in [1.165, 1.54) is 24.3 Å². The van der Waals surface area contributed by atoms with Crippen molar-refractivity contribution in [3.63, 3.8) is 0 Å². The molecule has 0 heterocycles. The third-order valence-corrected chi connectivity index (χ3v) is 3.23. The van der Waals surface area contributed by atoms with Gasteiger partial charge in [-0.3, -0.25) is 9.59 Å². The second-order valence-electron chi connectivity index (χ2n) is 4.41. The highest BCUT2D eigenvalue weighted by atomic mass is 35.5. The molecule has 0 atom stereocenters. The molecule has 2 rings (SSSR count). The predicted molar refractivity (Wildman–Crippen MR) is 80.0 cm³/mol. The maximum Gasteiger partial charge on any atom is 0.325 e. The lowest BCUT2D eigenvalue weighted by Gasteiger charge is -2.08. The Bertz CT molecular complexity index is 691. The van der Waals surface area contributed by atoms with E-state index in [1.807, 2.05) is 0 Å². The summed E-state index contributed by atoms with van der Waals surface area (Å²) in [6, 6.07) is 12.5. The predicted octanol–water partition coefficient (Wildman–Crippen LogP) is 2.95.